The molecule has 1 aliphatic rings. The van der Waals surface area contributed by atoms with E-state index in [0.29, 0.717) is 69.8 Å². The number of nitrogens with one attached hydrogen (secondary N) is 2. The Balaban J connectivity index is 1.12. The third kappa shape index (κ3) is 13.0. The molecule has 0 aromatic heterocycles. The molecular formula is C38H51ClN4O8S. The molecule has 52 heavy (non-hydrogen) atoms. The second kappa shape index (κ2) is 19.9. The predicted octanol–water partition coefficient (Wildman–Crippen LogP) is 6.19. The van der Waals surface area contributed by atoms with Crippen molar-refractivity contribution in [3.05, 3.63) is 82.9 Å². The molecule has 0 saturated carbocycles. The van der Waals surface area contributed by atoms with Crippen LogP contribution in [-0.4, -0.2) is 96.6 Å². The molecule has 284 valence electrons. The molecule has 4 rings (SSSR count). The fourth-order valence-electron chi connectivity index (χ4n) is 5.56. The zero-order valence-corrected chi connectivity index (χ0v) is 32.1. The van der Waals surface area contributed by atoms with Crippen molar-refractivity contribution in [2.24, 2.45) is 0 Å². The summed E-state index contributed by atoms with van der Waals surface area (Å²) >= 11 is 6.39. The molecule has 12 nitrogen and oxygen atoms in total. The van der Waals surface area contributed by atoms with Crippen LogP contribution in [0.2, 0.25) is 5.02 Å². The Kier molecular flexibility index (Phi) is 15.7. The first-order chi connectivity index (χ1) is 24.8. The van der Waals surface area contributed by atoms with Gasteiger partial charge in [-0.1, -0.05) is 35.9 Å². The Bertz CT molecular complexity index is 1720. The van der Waals surface area contributed by atoms with Crippen LogP contribution in [-0.2, 0) is 46.6 Å². The van der Waals surface area contributed by atoms with E-state index >= 15 is 0 Å². The molecule has 0 bridgehead atoms. The number of amides is 2. The van der Waals surface area contributed by atoms with Crippen molar-refractivity contribution in [2.45, 2.75) is 57.0 Å². The molecule has 0 unspecified atom stereocenters. The molecule has 1 heterocycles. The van der Waals surface area contributed by atoms with Crippen molar-refractivity contribution in [2.75, 3.05) is 76.5 Å². The van der Waals surface area contributed by atoms with Gasteiger partial charge in [0.2, 0.25) is 15.9 Å². The summed E-state index contributed by atoms with van der Waals surface area (Å²) in [5.74, 6) is -0.250. The van der Waals surface area contributed by atoms with Gasteiger partial charge in [-0.3, -0.25) is 4.79 Å². The highest BCUT2D eigenvalue weighted by Gasteiger charge is 2.24. The minimum absolute atomic E-state index is 0.134. The van der Waals surface area contributed by atoms with E-state index in [0.717, 1.165) is 24.2 Å². The van der Waals surface area contributed by atoms with Crippen molar-refractivity contribution in [1.29, 1.82) is 0 Å². The van der Waals surface area contributed by atoms with Crippen LogP contribution in [0.1, 0.15) is 44.7 Å². The van der Waals surface area contributed by atoms with E-state index < -0.39 is 21.7 Å². The van der Waals surface area contributed by atoms with Gasteiger partial charge in [0.15, 0.2) is 0 Å². The van der Waals surface area contributed by atoms with Gasteiger partial charge in [-0.15, -0.1) is 0 Å². The molecule has 14 heteroatoms. The molecular weight excluding hydrogens is 708 g/mol. The van der Waals surface area contributed by atoms with Gasteiger partial charge in [-0.05, 0) is 93.6 Å². The Hall–Kier alpha value is -3.72. The minimum atomic E-state index is -3.74. The average molecular weight is 759 g/mol. The molecule has 2 N–H and O–H groups in total. The summed E-state index contributed by atoms with van der Waals surface area (Å²) in [5, 5.41) is 6.06. The lowest BCUT2D eigenvalue weighted by atomic mass is 10.0. The molecule has 3 aromatic rings. The van der Waals surface area contributed by atoms with Gasteiger partial charge in [0, 0.05) is 48.8 Å². The summed E-state index contributed by atoms with van der Waals surface area (Å²) in [4.78, 5) is 26.4. The van der Waals surface area contributed by atoms with E-state index in [1.807, 2.05) is 24.3 Å². The molecule has 0 saturated heterocycles. The number of benzene rings is 3. The highest BCUT2D eigenvalue weighted by molar-refractivity contribution is 7.89. The molecule has 0 aliphatic carbocycles. The fraction of sp³-hybridized carbons (Fsp3) is 0.474. The predicted molar refractivity (Wildman–Crippen MR) is 203 cm³/mol. The number of hydrogen-bond acceptors (Lipinski definition) is 9. The third-order valence-electron chi connectivity index (χ3n) is 8.12. The zero-order chi connectivity index (χ0) is 37.6. The lowest BCUT2D eigenvalue weighted by molar-refractivity contribution is -0.117. The van der Waals surface area contributed by atoms with Crippen LogP contribution in [0.25, 0.3) is 0 Å². The molecule has 1 aliphatic heterocycles. The number of anilines is 3. The van der Waals surface area contributed by atoms with Crippen LogP contribution in [0.4, 0.5) is 21.9 Å². The molecule has 0 atom stereocenters. The smallest absolute Gasteiger partial charge is 0.407 e. The van der Waals surface area contributed by atoms with Gasteiger partial charge in [-0.2, -0.15) is 0 Å². The summed E-state index contributed by atoms with van der Waals surface area (Å²) in [6, 6.07) is 20.5. The standard InChI is InChI=1S/C38H51ClN4O8S/c1-38(2,3)51-37(45)40-19-23-49-25-27-50-26-24-48-22-18-36(44)41-32-14-16-33(17-15-32)52(46,47)42(4)20-7-21-43-34-9-6-5-8-29(34)10-11-30-12-13-31(39)28-35(30)43/h5-6,8-9,12-17,28H,7,10-11,18-27H2,1-4H3,(H,40,45)(H,41,44). The largest absolute Gasteiger partial charge is 0.444 e. The normalized spacial score (nSPS) is 12.9. The number of carbonyl (C=O) groups is 2. The van der Waals surface area contributed by atoms with Crippen molar-refractivity contribution in [3.8, 4) is 0 Å². The number of nitrogens with zero attached hydrogens (tertiary/aromatic N) is 2. The first-order valence-electron chi connectivity index (χ1n) is 17.5. The van der Waals surface area contributed by atoms with Gasteiger partial charge >= 0.3 is 6.09 Å². The quantitative estimate of drug-likeness (QED) is 0.137. The SMILES string of the molecule is CN(CCCN1c2ccccc2CCc2ccc(Cl)cc21)S(=O)(=O)c1ccc(NC(=O)CCOCCOCCOCCNC(=O)OC(C)(C)C)cc1. The lowest BCUT2D eigenvalue weighted by Gasteiger charge is -2.28. The summed E-state index contributed by atoms with van der Waals surface area (Å²) in [6.45, 7) is 8.63. The average Bonchev–Trinajstić information content (AvgIpc) is 3.24. The van der Waals surface area contributed by atoms with Crippen LogP contribution in [0.3, 0.4) is 0 Å². The molecule has 0 fully saturated rings. The first-order valence-corrected chi connectivity index (χ1v) is 19.4. The summed E-state index contributed by atoms with van der Waals surface area (Å²) in [5.41, 5.74) is 4.60. The Morgan fingerprint density at radius 3 is 2.17 bits per heavy atom. The second-order valence-corrected chi connectivity index (χ2v) is 15.8. The summed E-state index contributed by atoms with van der Waals surface area (Å²) in [7, 11) is -2.16. The van der Waals surface area contributed by atoms with Crippen LogP contribution in [0, 0.1) is 0 Å². The van der Waals surface area contributed by atoms with E-state index in [1.54, 1.807) is 40.0 Å². The number of hydrogen-bond donors (Lipinski definition) is 2. The van der Waals surface area contributed by atoms with Crippen molar-refractivity contribution in [1.82, 2.24) is 9.62 Å². The highest BCUT2D eigenvalue weighted by Crippen LogP contribution is 2.37. The van der Waals surface area contributed by atoms with Crippen molar-refractivity contribution in [3.63, 3.8) is 0 Å². The van der Waals surface area contributed by atoms with Crippen LogP contribution >= 0.6 is 11.6 Å². The maximum Gasteiger partial charge on any atom is 0.407 e. The van der Waals surface area contributed by atoms with E-state index in [2.05, 4.69) is 33.7 Å². The van der Waals surface area contributed by atoms with Crippen molar-refractivity contribution < 1.29 is 37.0 Å². The maximum absolute atomic E-state index is 13.4. The Labute approximate surface area is 312 Å². The van der Waals surface area contributed by atoms with Gasteiger partial charge < -0.3 is 34.5 Å². The monoisotopic (exact) mass is 758 g/mol. The van der Waals surface area contributed by atoms with Crippen LogP contribution < -0.4 is 15.5 Å². The topological polar surface area (TPSA) is 136 Å². The summed E-state index contributed by atoms with van der Waals surface area (Å²) in [6.07, 6.45) is 2.08. The van der Waals surface area contributed by atoms with Gasteiger partial charge in [0.1, 0.15) is 5.60 Å². The summed E-state index contributed by atoms with van der Waals surface area (Å²) < 4.78 is 49.6. The highest BCUT2D eigenvalue weighted by atomic mass is 35.5. The fourth-order valence-corrected chi connectivity index (χ4v) is 6.93. The third-order valence-corrected chi connectivity index (χ3v) is 10.2. The lowest BCUT2D eigenvalue weighted by Crippen LogP contribution is -2.34. The molecule has 3 aromatic carbocycles. The van der Waals surface area contributed by atoms with Gasteiger partial charge in [0.05, 0.1) is 51.0 Å². The number of rotatable bonds is 19. The number of ether oxygens (including phenoxy) is 4. The molecule has 2 amide bonds. The minimum Gasteiger partial charge on any atom is -0.444 e. The first kappa shape index (κ1) is 41.0. The number of carbonyl (C=O) groups excluding carboxylic acids is 2. The molecule has 0 spiro atoms. The molecule has 0 radical (unpaired) electrons. The Morgan fingerprint density at radius 2 is 1.48 bits per heavy atom. The van der Waals surface area contributed by atoms with Crippen LogP contribution in [0.5, 0.6) is 0 Å². The van der Waals surface area contributed by atoms with Gasteiger partial charge in [-0.25, -0.2) is 17.5 Å². The zero-order valence-electron chi connectivity index (χ0n) is 30.5. The van der Waals surface area contributed by atoms with Gasteiger partial charge in [0.25, 0.3) is 0 Å². The number of para-hydroxylation sites is 1. The van der Waals surface area contributed by atoms with E-state index in [9.17, 15) is 18.0 Å². The van der Waals surface area contributed by atoms with Crippen LogP contribution in [0.15, 0.2) is 71.6 Å². The number of sulfonamides is 1. The number of aryl methyl sites for hydroxylation is 2. The van der Waals surface area contributed by atoms with E-state index in [-0.39, 0.29) is 23.8 Å². The number of alkyl carbamates (subject to hydrolysis) is 1. The number of fused-ring (bicyclic) bond motifs is 2. The maximum atomic E-state index is 13.4. The van der Waals surface area contributed by atoms with E-state index in [4.69, 9.17) is 30.5 Å². The number of halogens is 1. The second-order valence-electron chi connectivity index (χ2n) is 13.3. The van der Waals surface area contributed by atoms with Crippen molar-refractivity contribution >= 4 is 50.7 Å². The Morgan fingerprint density at radius 1 is 0.846 bits per heavy atom. The van der Waals surface area contributed by atoms with E-state index in [1.165, 1.54) is 27.6 Å².